The van der Waals surface area contributed by atoms with Crippen molar-refractivity contribution in [2.24, 2.45) is 0 Å². The number of aromatic nitrogens is 3. The Bertz CT molecular complexity index is 2900. The predicted octanol–water partition coefficient (Wildman–Crippen LogP) is 13.3. The van der Waals surface area contributed by atoms with Gasteiger partial charge in [0.15, 0.2) is 17.5 Å². The average Bonchev–Trinajstić information content (AvgIpc) is 3.77. The van der Waals surface area contributed by atoms with Crippen molar-refractivity contribution in [1.29, 1.82) is 0 Å². The summed E-state index contributed by atoms with van der Waals surface area (Å²) in [6.07, 6.45) is 6.25. The molecule has 2 aliphatic carbocycles. The van der Waals surface area contributed by atoms with E-state index < -0.39 is 0 Å². The second-order valence-electron chi connectivity index (χ2n) is 15.1. The molecule has 9 aromatic rings. The molecule has 0 N–H and O–H groups in total. The number of rotatable bonds is 5. The molecular formula is C51H37N3O. The summed E-state index contributed by atoms with van der Waals surface area (Å²) in [6.45, 7) is 0. The molecule has 11 rings (SSSR count). The lowest BCUT2D eigenvalue weighted by Gasteiger charge is -2.37. The quantitative estimate of drug-likeness (QED) is 0.179. The van der Waals surface area contributed by atoms with Crippen LogP contribution in [0.1, 0.15) is 43.2 Å². The fourth-order valence-corrected chi connectivity index (χ4v) is 9.37. The van der Waals surface area contributed by atoms with Crippen LogP contribution in [-0.2, 0) is 5.41 Å². The summed E-state index contributed by atoms with van der Waals surface area (Å²) in [7, 11) is 0. The van der Waals surface area contributed by atoms with Crippen molar-refractivity contribution >= 4 is 21.9 Å². The molecular weight excluding hydrogens is 671 g/mol. The van der Waals surface area contributed by atoms with Crippen LogP contribution in [0.5, 0.6) is 0 Å². The molecule has 7 aromatic carbocycles. The number of furan rings is 1. The zero-order valence-electron chi connectivity index (χ0n) is 30.4. The summed E-state index contributed by atoms with van der Waals surface area (Å²) >= 11 is 0. The molecule has 2 aliphatic rings. The topological polar surface area (TPSA) is 51.8 Å². The van der Waals surface area contributed by atoms with Gasteiger partial charge in [-0.05, 0) is 81.6 Å². The van der Waals surface area contributed by atoms with E-state index in [0.29, 0.717) is 17.5 Å². The standard InChI is InChI=1S/C51H37N3O/c1-3-13-33(14-4-1)36-15-11-16-37(31-36)49-52-48(53-50(54-49)38-27-28-42-41-18-6-8-22-45(41)55-46(42)32-38)35-25-23-34(24-26-35)39-19-12-20-43-40-17-5-7-21-44(40)51(47(39)43)29-9-2-10-30-51/h1,3-8,11-28,31-32H,2,9-10,29-30H2. The minimum Gasteiger partial charge on any atom is -0.456 e. The zero-order valence-corrected chi connectivity index (χ0v) is 30.4. The second-order valence-corrected chi connectivity index (χ2v) is 15.1. The zero-order chi connectivity index (χ0) is 36.3. The molecule has 55 heavy (non-hydrogen) atoms. The van der Waals surface area contributed by atoms with Crippen LogP contribution < -0.4 is 0 Å². The third-order valence-corrected chi connectivity index (χ3v) is 11.9. The van der Waals surface area contributed by atoms with Crippen LogP contribution in [0.3, 0.4) is 0 Å². The van der Waals surface area contributed by atoms with Gasteiger partial charge in [-0.3, -0.25) is 0 Å². The van der Waals surface area contributed by atoms with Gasteiger partial charge in [0.2, 0.25) is 0 Å². The molecule has 0 radical (unpaired) electrons. The van der Waals surface area contributed by atoms with E-state index in [0.717, 1.165) is 49.8 Å². The summed E-state index contributed by atoms with van der Waals surface area (Å²) in [5.74, 6) is 1.87. The molecule has 0 unspecified atom stereocenters. The lowest BCUT2D eigenvalue weighted by atomic mass is 9.66. The van der Waals surface area contributed by atoms with Gasteiger partial charge in [0.25, 0.3) is 0 Å². The lowest BCUT2D eigenvalue weighted by molar-refractivity contribution is 0.353. The van der Waals surface area contributed by atoms with Gasteiger partial charge in [0.05, 0.1) is 0 Å². The van der Waals surface area contributed by atoms with Crippen molar-refractivity contribution in [2.45, 2.75) is 37.5 Å². The first-order valence-corrected chi connectivity index (χ1v) is 19.4. The molecule has 2 aromatic heterocycles. The van der Waals surface area contributed by atoms with Crippen LogP contribution in [0.15, 0.2) is 168 Å². The van der Waals surface area contributed by atoms with Gasteiger partial charge in [0, 0.05) is 32.9 Å². The van der Waals surface area contributed by atoms with Crippen molar-refractivity contribution in [2.75, 3.05) is 0 Å². The van der Waals surface area contributed by atoms with Gasteiger partial charge in [-0.15, -0.1) is 0 Å². The first-order chi connectivity index (χ1) is 27.2. The molecule has 1 fully saturated rings. The molecule has 0 amide bonds. The Balaban J connectivity index is 1.03. The predicted molar refractivity (Wildman–Crippen MR) is 224 cm³/mol. The van der Waals surface area contributed by atoms with Crippen LogP contribution in [0.25, 0.3) is 89.5 Å². The van der Waals surface area contributed by atoms with Gasteiger partial charge < -0.3 is 4.42 Å². The summed E-state index contributed by atoms with van der Waals surface area (Å²) in [4.78, 5) is 15.4. The van der Waals surface area contributed by atoms with E-state index in [4.69, 9.17) is 19.4 Å². The molecule has 0 saturated heterocycles. The van der Waals surface area contributed by atoms with Crippen molar-refractivity contribution in [3.05, 3.63) is 175 Å². The van der Waals surface area contributed by atoms with E-state index >= 15 is 0 Å². The fraction of sp³-hybridized carbons (Fsp3) is 0.118. The Kier molecular flexibility index (Phi) is 7.38. The number of fused-ring (bicyclic) bond motifs is 8. The number of para-hydroxylation sites is 1. The van der Waals surface area contributed by atoms with Gasteiger partial charge in [-0.2, -0.15) is 0 Å². The molecule has 4 heteroatoms. The lowest BCUT2D eigenvalue weighted by Crippen LogP contribution is -2.28. The number of nitrogens with zero attached hydrogens (tertiary/aromatic N) is 3. The van der Waals surface area contributed by atoms with E-state index in [-0.39, 0.29) is 5.41 Å². The third-order valence-electron chi connectivity index (χ3n) is 11.9. The van der Waals surface area contributed by atoms with E-state index in [1.54, 1.807) is 0 Å². The highest BCUT2D eigenvalue weighted by atomic mass is 16.3. The second kappa shape index (κ2) is 12.7. The molecule has 1 spiro atoms. The van der Waals surface area contributed by atoms with Crippen LogP contribution in [0.2, 0.25) is 0 Å². The average molecular weight is 708 g/mol. The fourth-order valence-electron chi connectivity index (χ4n) is 9.37. The largest absolute Gasteiger partial charge is 0.456 e. The molecule has 0 aliphatic heterocycles. The van der Waals surface area contributed by atoms with Gasteiger partial charge in [-0.25, -0.2) is 15.0 Å². The number of benzene rings is 7. The minimum absolute atomic E-state index is 0.0761. The minimum atomic E-state index is 0.0761. The first-order valence-electron chi connectivity index (χ1n) is 19.4. The van der Waals surface area contributed by atoms with Crippen LogP contribution >= 0.6 is 0 Å². The van der Waals surface area contributed by atoms with Crippen LogP contribution in [0.4, 0.5) is 0 Å². The Morgan fingerprint density at radius 2 is 0.964 bits per heavy atom. The third kappa shape index (κ3) is 5.24. The van der Waals surface area contributed by atoms with Crippen LogP contribution in [-0.4, -0.2) is 15.0 Å². The Labute approximate surface area is 320 Å². The van der Waals surface area contributed by atoms with Gasteiger partial charge in [-0.1, -0.05) is 159 Å². The van der Waals surface area contributed by atoms with E-state index in [2.05, 4.69) is 140 Å². The number of hydrogen-bond donors (Lipinski definition) is 0. The molecule has 4 nitrogen and oxygen atoms in total. The summed E-state index contributed by atoms with van der Waals surface area (Å²) in [5, 5.41) is 2.17. The summed E-state index contributed by atoms with van der Waals surface area (Å²) < 4.78 is 6.29. The Hall–Kier alpha value is -6.65. The maximum Gasteiger partial charge on any atom is 0.164 e. The van der Waals surface area contributed by atoms with E-state index in [9.17, 15) is 0 Å². The van der Waals surface area contributed by atoms with Crippen molar-refractivity contribution in [3.8, 4) is 67.5 Å². The maximum absolute atomic E-state index is 6.29. The molecule has 1 saturated carbocycles. The molecule has 0 atom stereocenters. The Morgan fingerprint density at radius 1 is 0.382 bits per heavy atom. The highest BCUT2D eigenvalue weighted by molar-refractivity contribution is 6.05. The Morgan fingerprint density at radius 3 is 1.80 bits per heavy atom. The normalized spacial score (nSPS) is 14.3. The highest BCUT2D eigenvalue weighted by Crippen LogP contribution is 2.58. The van der Waals surface area contributed by atoms with E-state index in [1.165, 1.54) is 65.5 Å². The molecule has 0 bridgehead atoms. The SMILES string of the molecule is c1ccc(-c2cccc(-c3nc(-c4ccc(-c5cccc6c5C5(CCCCC5)c5ccccc5-6)cc4)nc(-c4ccc5c(c4)oc4ccccc45)n3)c2)cc1. The van der Waals surface area contributed by atoms with Gasteiger partial charge >= 0.3 is 0 Å². The first kappa shape index (κ1) is 31.8. The van der Waals surface area contributed by atoms with Crippen LogP contribution in [0, 0.1) is 0 Å². The summed E-state index contributed by atoms with van der Waals surface area (Å²) in [6, 6.07) is 58.2. The highest BCUT2D eigenvalue weighted by Gasteiger charge is 2.45. The maximum atomic E-state index is 6.29. The van der Waals surface area contributed by atoms with Crippen molar-refractivity contribution < 1.29 is 4.42 Å². The van der Waals surface area contributed by atoms with Gasteiger partial charge in [0.1, 0.15) is 11.2 Å². The van der Waals surface area contributed by atoms with Crippen molar-refractivity contribution in [3.63, 3.8) is 0 Å². The molecule has 262 valence electrons. The van der Waals surface area contributed by atoms with Crippen molar-refractivity contribution in [1.82, 2.24) is 15.0 Å². The summed E-state index contributed by atoms with van der Waals surface area (Å²) in [5.41, 5.74) is 15.1. The monoisotopic (exact) mass is 707 g/mol. The number of hydrogen-bond acceptors (Lipinski definition) is 4. The molecule has 2 heterocycles. The smallest absolute Gasteiger partial charge is 0.164 e. The van der Waals surface area contributed by atoms with E-state index in [1.807, 2.05) is 24.3 Å².